The van der Waals surface area contributed by atoms with Gasteiger partial charge in [0.25, 0.3) is 0 Å². The second-order valence-corrected chi connectivity index (χ2v) is 10.5. The molecule has 1 saturated heterocycles. The van der Waals surface area contributed by atoms with E-state index in [1.807, 2.05) is 31.4 Å². The van der Waals surface area contributed by atoms with Crippen LogP contribution in [-0.2, 0) is 11.2 Å². The van der Waals surface area contributed by atoms with E-state index in [-0.39, 0.29) is 6.09 Å². The maximum atomic E-state index is 13.4. The lowest BCUT2D eigenvalue weighted by atomic mass is 9.93. The number of ether oxygens (including phenoxy) is 1. The molecule has 4 heteroatoms. The highest BCUT2D eigenvalue weighted by Gasteiger charge is 2.35. The SMILES string of the molecule is CC(C)(C)OC(=O)n1c2c(c3ccccc31)CCN1CCCCCCCCCCCC21. The molecular weight excluding hydrogens is 384 g/mol. The number of aromatic nitrogens is 1. The normalized spacial score (nSPS) is 22.0. The molecule has 0 amide bonds. The van der Waals surface area contributed by atoms with Crippen molar-refractivity contribution in [3.63, 3.8) is 0 Å². The van der Waals surface area contributed by atoms with E-state index >= 15 is 0 Å². The van der Waals surface area contributed by atoms with Crippen LogP contribution in [0.25, 0.3) is 10.9 Å². The molecule has 4 nitrogen and oxygen atoms in total. The van der Waals surface area contributed by atoms with E-state index < -0.39 is 5.60 Å². The van der Waals surface area contributed by atoms with Crippen molar-refractivity contribution in [3.8, 4) is 0 Å². The highest BCUT2D eigenvalue weighted by atomic mass is 16.6. The van der Waals surface area contributed by atoms with Gasteiger partial charge in [-0.3, -0.25) is 4.90 Å². The summed E-state index contributed by atoms with van der Waals surface area (Å²) in [4.78, 5) is 16.1. The van der Waals surface area contributed by atoms with Crippen molar-refractivity contribution in [2.45, 2.75) is 103 Å². The van der Waals surface area contributed by atoms with Gasteiger partial charge >= 0.3 is 6.09 Å². The Morgan fingerprint density at radius 3 is 2.26 bits per heavy atom. The van der Waals surface area contributed by atoms with E-state index in [4.69, 9.17) is 4.74 Å². The van der Waals surface area contributed by atoms with Crippen molar-refractivity contribution in [2.24, 2.45) is 0 Å². The van der Waals surface area contributed by atoms with Gasteiger partial charge in [-0.05, 0) is 58.2 Å². The van der Waals surface area contributed by atoms with Crippen LogP contribution in [0.15, 0.2) is 24.3 Å². The Balaban J connectivity index is 1.74. The number of hydrogen-bond donors (Lipinski definition) is 0. The fourth-order valence-electron chi connectivity index (χ4n) is 5.50. The largest absolute Gasteiger partial charge is 0.443 e. The maximum absolute atomic E-state index is 13.4. The van der Waals surface area contributed by atoms with Crippen LogP contribution in [0.1, 0.15) is 102 Å². The zero-order chi connectivity index (χ0) is 21.8. The summed E-state index contributed by atoms with van der Waals surface area (Å²) in [6.07, 6.45) is 13.9. The van der Waals surface area contributed by atoms with E-state index in [9.17, 15) is 4.79 Å². The number of hydrogen-bond acceptors (Lipinski definition) is 3. The number of rotatable bonds is 0. The minimum Gasteiger partial charge on any atom is -0.443 e. The predicted molar refractivity (Wildman–Crippen MR) is 128 cm³/mol. The first-order valence-electron chi connectivity index (χ1n) is 12.6. The Bertz CT molecular complexity index is 893. The lowest BCUT2D eigenvalue weighted by molar-refractivity contribution is 0.0524. The molecule has 1 aromatic carbocycles. The van der Waals surface area contributed by atoms with Crippen LogP contribution in [-0.4, -0.2) is 34.3 Å². The van der Waals surface area contributed by atoms with Crippen molar-refractivity contribution in [2.75, 3.05) is 13.1 Å². The molecule has 0 spiro atoms. The topological polar surface area (TPSA) is 34.5 Å². The van der Waals surface area contributed by atoms with Gasteiger partial charge in [0.05, 0.1) is 17.3 Å². The van der Waals surface area contributed by atoms with Gasteiger partial charge in [0.2, 0.25) is 0 Å². The molecule has 1 unspecified atom stereocenters. The summed E-state index contributed by atoms with van der Waals surface area (Å²) < 4.78 is 7.82. The van der Waals surface area contributed by atoms with Crippen molar-refractivity contribution < 1.29 is 9.53 Å². The third kappa shape index (κ3) is 5.16. The molecule has 3 heterocycles. The first-order chi connectivity index (χ1) is 15.0. The van der Waals surface area contributed by atoms with Gasteiger partial charge < -0.3 is 4.74 Å². The molecular formula is C27H40N2O2. The second kappa shape index (κ2) is 9.77. The van der Waals surface area contributed by atoms with Crippen molar-refractivity contribution in [1.29, 1.82) is 0 Å². The molecule has 4 rings (SSSR count). The number of carbonyl (C=O) groups excluding carboxylic acids is 1. The molecule has 2 aliphatic heterocycles. The number of nitrogens with zero attached hydrogens (tertiary/aromatic N) is 2. The minimum atomic E-state index is -0.506. The summed E-state index contributed by atoms with van der Waals surface area (Å²) in [5.74, 6) is 0. The number of carbonyl (C=O) groups is 1. The highest BCUT2D eigenvalue weighted by Crippen LogP contribution is 2.40. The summed E-state index contributed by atoms with van der Waals surface area (Å²) in [5.41, 5.74) is 3.07. The Morgan fingerprint density at radius 1 is 0.903 bits per heavy atom. The van der Waals surface area contributed by atoms with E-state index in [1.54, 1.807) is 0 Å². The Kier molecular flexibility index (Phi) is 7.05. The van der Waals surface area contributed by atoms with Crippen LogP contribution >= 0.6 is 0 Å². The monoisotopic (exact) mass is 424 g/mol. The van der Waals surface area contributed by atoms with Gasteiger partial charge in [-0.25, -0.2) is 9.36 Å². The predicted octanol–water partition coefficient (Wildman–Crippen LogP) is 7.24. The molecule has 0 radical (unpaired) electrons. The minimum absolute atomic E-state index is 0.227. The summed E-state index contributed by atoms with van der Waals surface area (Å²) in [7, 11) is 0. The molecule has 0 saturated carbocycles. The van der Waals surface area contributed by atoms with Crippen molar-refractivity contribution in [1.82, 2.24) is 9.47 Å². The Morgan fingerprint density at radius 2 is 1.55 bits per heavy atom. The van der Waals surface area contributed by atoms with Crippen LogP contribution in [0, 0.1) is 0 Å². The molecule has 170 valence electrons. The second-order valence-electron chi connectivity index (χ2n) is 10.5. The average Bonchev–Trinajstić information content (AvgIpc) is 3.06. The fraction of sp³-hybridized carbons (Fsp3) is 0.667. The molecule has 1 fully saturated rings. The fourth-order valence-corrected chi connectivity index (χ4v) is 5.50. The first-order valence-corrected chi connectivity index (χ1v) is 12.6. The lowest BCUT2D eigenvalue weighted by Crippen LogP contribution is -2.38. The standard InChI is InChI=1S/C27H40N2O2/c1-27(2,3)31-26(30)29-23-16-13-12-15-21(23)22-18-20-28-19-14-10-8-6-4-5-7-9-11-17-24(28)25(22)29/h12-13,15-16,24H,4-11,14,17-20H2,1-3H3. The van der Waals surface area contributed by atoms with Crippen LogP contribution in [0.5, 0.6) is 0 Å². The lowest BCUT2D eigenvalue weighted by Gasteiger charge is -2.37. The quantitative estimate of drug-likeness (QED) is 0.447. The maximum Gasteiger partial charge on any atom is 0.419 e. The van der Waals surface area contributed by atoms with Gasteiger partial charge in [0.15, 0.2) is 0 Å². The van der Waals surface area contributed by atoms with Gasteiger partial charge in [-0.1, -0.05) is 69.6 Å². The van der Waals surface area contributed by atoms with E-state index in [1.165, 1.54) is 74.4 Å². The van der Waals surface area contributed by atoms with Crippen molar-refractivity contribution >= 4 is 17.0 Å². The van der Waals surface area contributed by atoms with Gasteiger partial charge in [0.1, 0.15) is 5.60 Å². The van der Waals surface area contributed by atoms with Gasteiger partial charge in [0, 0.05) is 11.9 Å². The summed E-state index contributed by atoms with van der Waals surface area (Å²) in [6.45, 7) is 8.09. The molecule has 0 aliphatic carbocycles. The molecule has 31 heavy (non-hydrogen) atoms. The molecule has 2 aromatic rings. The summed E-state index contributed by atoms with van der Waals surface area (Å²) >= 11 is 0. The third-order valence-corrected chi connectivity index (χ3v) is 6.92. The van der Waals surface area contributed by atoms with E-state index in [0.29, 0.717) is 6.04 Å². The summed E-state index contributed by atoms with van der Waals surface area (Å²) in [5, 5.41) is 1.23. The molecule has 1 aromatic heterocycles. The zero-order valence-electron chi connectivity index (χ0n) is 19.8. The molecule has 1 atom stereocenters. The number of fused-ring (bicyclic) bond motifs is 5. The van der Waals surface area contributed by atoms with Gasteiger partial charge in [-0.15, -0.1) is 0 Å². The van der Waals surface area contributed by atoms with E-state index in [0.717, 1.165) is 31.4 Å². The van der Waals surface area contributed by atoms with Gasteiger partial charge in [-0.2, -0.15) is 0 Å². The van der Waals surface area contributed by atoms with Crippen molar-refractivity contribution in [3.05, 3.63) is 35.5 Å². The third-order valence-electron chi connectivity index (χ3n) is 6.92. The molecule has 0 bridgehead atoms. The number of benzene rings is 1. The highest BCUT2D eigenvalue weighted by molar-refractivity contribution is 5.94. The number of para-hydroxylation sites is 1. The average molecular weight is 425 g/mol. The Hall–Kier alpha value is -1.81. The molecule has 2 aliphatic rings. The molecule has 0 N–H and O–H groups in total. The smallest absolute Gasteiger partial charge is 0.419 e. The van der Waals surface area contributed by atoms with E-state index in [2.05, 4.69) is 23.1 Å². The van der Waals surface area contributed by atoms with Crippen LogP contribution in [0.2, 0.25) is 0 Å². The zero-order valence-corrected chi connectivity index (χ0v) is 19.8. The van der Waals surface area contributed by atoms with Crippen LogP contribution in [0.4, 0.5) is 4.79 Å². The van der Waals surface area contributed by atoms with Crippen LogP contribution < -0.4 is 0 Å². The first kappa shape index (κ1) is 22.4. The van der Waals surface area contributed by atoms with Crippen LogP contribution in [0.3, 0.4) is 0 Å². The Labute approximate surface area is 187 Å². The summed E-state index contributed by atoms with van der Waals surface area (Å²) in [6, 6.07) is 8.71.